The van der Waals surface area contributed by atoms with E-state index in [9.17, 15) is 13.6 Å². The number of carbonyl (C=O) groups excluding carboxylic acids is 1. The van der Waals surface area contributed by atoms with Crippen molar-refractivity contribution in [1.82, 2.24) is 9.97 Å². The lowest BCUT2D eigenvalue weighted by molar-refractivity contribution is 0.102. The van der Waals surface area contributed by atoms with Crippen molar-refractivity contribution in [2.75, 3.05) is 5.32 Å². The van der Waals surface area contributed by atoms with Crippen LogP contribution in [0.15, 0.2) is 36.4 Å². The van der Waals surface area contributed by atoms with Crippen LogP contribution in [-0.2, 0) is 0 Å². The Labute approximate surface area is 151 Å². The first-order valence-electron chi connectivity index (χ1n) is 7.85. The van der Waals surface area contributed by atoms with E-state index in [0.29, 0.717) is 15.8 Å². The minimum absolute atomic E-state index is 0.283. The van der Waals surface area contributed by atoms with E-state index in [4.69, 9.17) is 0 Å². The fourth-order valence-electron chi connectivity index (χ4n) is 2.80. The number of carbonyl (C=O) groups is 1. The first kappa shape index (κ1) is 16.5. The maximum absolute atomic E-state index is 13.4. The molecule has 0 spiro atoms. The fourth-order valence-corrected chi connectivity index (χ4v) is 3.67. The molecule has 0 bridgehead atoms. The second-order valence-electron chi connectivity index (χ2n) is 6.04. The number of benzene rings is 2. The molecule has 2 aromatic heterocycles. The van der Waals surface area contributed by atoms with Crippen LogP contribution in [0.4, 0.5) is 13.9 Å². The third-order valence-corrected chi connectivity index (χ3v) is 4.92. The number of pyridine rings is 1. The molecule has 0 fully saturated rings. The smallest absolute Gasteiger partial charge is 0.258 e. The van der Waals surface area contributed by atoms with Gasteiger partial charge in [-0.1, -0.05) is 23.0 Å². The molecule has 4 rings (SSSR count). The molecule has 0 aliphatic carbocycles. The number of hydrogen-bond acceptors (Lipinski definition) is 4. The Bertz CT molecular complexity index is 1150. The van der Waals surface area contributed by atoms with Crippen LogP contribution in [0.1, 0.15) is 21.6 Å². The summed E-state index contributed by atoms with van der Waals surface area (Å²) >= 11 is 1.09. The van der Waals surface area contributed by atoms with Crippen LogP contribution < -0.4 is 5.32 Å². The number of nitrogens with zero attached hydrogens (tertiary/aromatic N) is 2. The van der Waals surface area contributed by atoms with Gasteiger partial charge in [-0.2, -0.15) is 0 Å². The summed E-state index contributed by atoms with van der Waals surface area (Å²) in [5.74, 6) is -2.25. The van der Waals surface area contributed by atoms with Crippen LogP contribution in [-0.4, -0.2) is 15.9 Å². The first-order valence-corrected chi connectivity index (χ1v) is 8.67. The van der Waals surface area contributed by atoms with Gasteiger partial charge in [-0.25, -0.2) is 13.8 Å². The van der Waals surface area contributed by atoms with Crippen molar-refractivity contribution in [1.29, 1.82) is 0 Å². The lowest BCUT2D eigenvalue weighted by Gasteiger charge is -2.08. The summed E-state index contributed by atoms with van der Waals surface area (Å²) in [5.41, 5.74) is 3.25. The molecular weight excluding hydrogens is 356 g/mol. The van der Waals surface area contributed by atoms with Gasteiger partial charge in [0.2, 0.25) is 0 Å². The topological polar surface area (TPSA) is 54.9 Å². The average Bonchev–Trinajstić information content (AvgIpc) is 2.95. The molecule has 4 aromatic rings. The molecule has 0 aliphatic rings. The van der Waals surface area contributed by atoms with Gasteiger partial charge < -0.3 is 0 Å². The molecule has 0 unspecified atom stereocenters. The number of hydrogen-bond donors (Lipinski definition) is 1. The maximum Gasteiger partial charge on any atom is 0.258 e. The van der Waals surface area contributed by atoms with Crippen molar-refractivity contribution in [3.8, 4) is 0 Å². The predicted molar refractivity (Wildman–Crippen MR) is 98.7 cm³/mol. The van der Waals surface area contributed by atoms with Gasteiger partial charge in [0.1, 0.15) is 0 Å². The molecule has 130 valence electrons. The Hall–Kier alpha value is -2.93. The summed E-state index contributed by atoms with van der Waals surface area (Å²) in [6.07, 6.45) is 0. The van der Waals surface area contributed by atoms with Crippen LogP contribution in [0.2, 0.25) is 0 Å². The third-order valence-electron chi connectivity index (χ3n) is 3.99. The van der Waals surface area contributed by atoms with E-state index in [1.54, 1.807) is 6.07 Å². The lowest BCUT2D eigenvalue weighted by Crippen LogP contribution is -2.13. The van der Waals surface area contributed by atoms with Crippen molar-refractivity contribution in [3.05, 3.63) is 64.9 Å². The Kier molecular flexibility index (Phi) is 3.88. The van der Waals surface area contributed by atoms with Crippen LogP contribution in [0.25, 0.3) is 21.1 Å². The highest BCUT2D eigenvalue weighted by molar-refractivity contribution is 7.22. The molecule has 1 amide bonds. The zero-order valence-corrected chi connectivity index (χ0v) is 14.7. The van der Waals surface area contributed by atoms with Gasteiger partial charge in [0.25, 0.3) is 5.91 Å². The minimum Gasteiger partial charge on any atom is -0.298 e. The highest BCUT2D eigenvalue weighted by atomic mass is 32.1. The number of nitrogens with one attached hydrogen (secondary N) is 1. The minimum atomic E-state index is -0.966. The van der Waals surface area contributed by atoms with E-state index in [-0.39, 0.29) is 11.0 Å². The molecule has 0 radical (unpaired) electrons. The van der Waals surface area contributed by atoms with E-state index in [0.717, 1.165) is 45.6 Å². The lowest BCUT2D eigenvalue weighted by atomic mass is 10.0. The van der Waals surface area contributed by atoms with Crippen molar-refractivity contribution in [3.63, 3.8) is 0 Å². The molecular formula is C19H13F2N3OS. The van der Waals surface area contributed by atoms with Gasteiger partial charge in [-0.15, -0.1) is 0 Å². The number of aryl methyl sites for hydroxylation is 2. The van der Waals surface area contributed by atoms with Crippen molar-refractivity contribution >= 4 is 43.5 Å². The number of rotatable bonds is 2. The monoisotopic (exact) mass is 369 g/mol. The number of aromatic nitrogens is 2. The third kappa shape index (κ3) is 2.90. The Morgan fingerprint density at radius 1 is 1.00 bits per heavy atom. The van der Waals surface area contributed by atoms with Crippen LogP contribution in [0.3, 0.4) is 0 Å². The number of halogens is 2. The van der Waals surface area contributed by atoms with Crippen LogP contribution >= 0.6 is 11.3 Å². The van der Waals surface area contributed by atoms with Gasteiger partial charge >= 0.3 is 0 Å². The van der Waals surface area contributed by atoms with E-state index in [2.05, 4.69) is 15.3 Å². The average molecular weight is 369 g/mol. The molecule has 2 heterocycles. The summed E-state index contributed by atoms with van der Waals surface area (Å²) in [6, 6.07) is 9.52. The van der Waals surface area contributed by atoms with Crippen molar-refractivity contribution < 1.29 is 13.6 Å². The summed E-state index contributed by atoms with van der Waals surface area (Å²) in [4.78, 5) is 21.4. The SMILES string of the molecule is Cc1ccc2nc(C)cc(C(=O)Nc3nc4cc(F)c(F)cc4s3)c2c1. The highest BCUT2D eigenvalue weighted by Crippen LogP contribution is 2.29. The van der Waals surface area contributed by atoms with Crippen molar-refractivity contribution in [2.24, 2.45) is 0 Å². The molecule has 0 saturated carbocycles. The second kappa shape index (κ2) is 6.10. The largest absolute Gasteiger partial charge is 0.298 e. The Morgan fingerprint density at radius 3 is 2.58 bits per heavy atom. The van der Waals surface area contributed by atoms with E-state index < -0.39 is 11.6 Å². The van der Waals surface area contributed by atoms with Crippen LogP contribution in [0.5, 0.6) is 0 Å². The number of fused-ring (bicyclic) bond motifs is 2. The maximum atomic E-state index is 13.4. The van der Waals surface area contributed by atoms with E-state index >= 15 is 0 Å². The van der Waals surface area contributed by atoms with Gasteiger partial charge in [0, 0.05) is 17.1 Å². The number of anilines is 1. The molecule has 2 aromatic carbocycles. The normalized spacial score (nSPS) is 11.2. The standard InChI is InChI=1S/C19H13F2N3OS/c1-9-3-4-15-11(5-9)12(6-10(2)22-15)18(25)24-19-23-16-7-13(20)14(21)8-17(16)26-19/h3-8H,1-2H3,(H,23,24,25). The fraction of sp³-hybridized carbons (Fsp3) is 0.105. The van der Waals surface area contributed by atoms with Gasteiger partial charge in [0.05, 0.1) is 21.3 Å². The second-order valence-corrected chi connectivity index (χ2v) is 7.07. The van der Waals surface area contributed by atoms with Gasteiger partial charge in [-0.05, 0) is 38.1 Å². The molecule has 1 N–H and O–H groups in total. The van der Waals surface area contributed by atoms with E-state index in [1.165, 1.54) is 0 Å². The zero-order valence-electron chi connectivity index (χ0n) is 13.9. The van der Waals surface area contributed by atoms with Gasteiger partial charge in [-0.3, -0.25) is 15.1 Å². The van der Waals surface area contributed by atoms with Crippen molar-refractivity contribution in [2.45, 2.75) is 13.8 Å². The quantitative estimate of drug-likeness (QED) is 0.541. The first-order chi connectivity index (χ1) is 12.4. The van der Waals surface area contributed by atoms with Crippen LogP contribution in [0, 0.1) is 25.5 Å². The summed E-state index contributed by atoms with van der Waals surface area (Å²) in [6.45, 7) is 3.76. The summed E-state index contributed by atoms with van der Waals surface area (Å²) < 4.78 is 27.2. The molecule has 26 heavy (non-hydrogen) atoms. The molecule has 0 atom stereocenters. The highest BCUT2D eigenvalue weighted by Gasteiger charge is 2.15. The predicted octanol–water partition coefficient (Wildman–Crippen LogP) is 4.99. The summed E-state index contributed by atoms with van der Waals surface area (Å²) in [7, 11) is 0. The Morgan fingerprint density at radius 2 is 1.77 bits per heavy atom. The molecule has 0 saturated heterocycles. The molecule has 4 nitrogen and oxygen atoms in total. The molecule has 0 aliphatic heterocycles. The van der Waals surface area contributed by atoms with Gasteiger partial charge in [0.15, 0.2) is 16.8 Å². The molecule has 7 heteroatoms. The Balaban J connectivity index is 1.75. The summed E-state index contributed by atoms with van der Waals surface area (Å²) in [5, 5.41) is 3.75. The zero-order chi connectivity index (χ0) is 18.4. The number of thiazole rings is 1. The number of amides is 1. The van der Waals surface area contributed by atoms with E-state index in [1.807, 2.05) is 32.0 Å².